The third-order valence-electron chi connectivity index (χ3n) is 5.74. The quantitative estimate of drug-likeness (QED) is 0.805. The molecular formula is C20H21F2N3O. The first-order chi connectivity index (χ1) is 12.4. The van der Waals surface area contributed by atoms with Crippen LogP contribution in [0, 0.1) is 18.8 Å². The molecule has 4 nitrogen and oxygen atoms in total. The summed E-state index contributed by atoms with van der Waals surface area (Å²) in [4.78, 5) is 18.9. The Balaban J connectivity index is 1.46. The molecule has 2 aliphatic carbocycles. The van der Waals surface area contributed by atoms with Gasteiger partial charge >= 0.3 is 0 Å². The maximum atomic E-state index is 14.3. The summed E-state index contributed by atoms with van der Waals surface area (Å²) in [5.41, 5.74) is 2.53. The summed E-state index contributed by atoms with van der Waals surface area (Å²) in [5.74, 6) is -2.20. The molecule has 0 N–H and O–H groups in total. The van der Waals surface area contributed by atoms with Crippen molar-refractivity contribution in [3.63, 3.8) is 0 Å². The number of amides is 1. The Labute approximate surface area is 150 Å². The van der Waals surface area contributed by atoms with Crippen LogP contribution >= 0.6 is 0 Å². The smallest absolute Gasteiger partial charge is 0.291 e. The van der Waals surface area contributed by atoms with Crippen molar-refractivity contribution in [1.82, 2.24) is 14.5 Å². The van der Waals surface area contributed by atoms with E-state index in [0.717, 1.165) is 23.5 Å². The average molecular weight is 357 g/mol. The van der Waals surface area contributed by atoms with Crippen LogP contribution in [0.15, 0.2) is 24.3 Å². The number of aromatic nitrogens is 2. The summed E-state index contributed by atoms with van der Waals surface area (Å²) < 4.78 is 30.5. The van der Waals surface area contributed by atoms with Gasteiger partial charge in [0.05, 0.1) is 18.1 Å². The first-order valence-corrected chi connectivity index (χ1v) is 9.30. The topological polar surface area (TPSA) is 38.1 Å². The highest BCUT2D eigenvalue weighted by molar-refractivity contribution is 5.94. The van der Waals surface area contributed by atoms with Gasteiger partial charge in [-0.2, -0.15) is 0 Å². The number of aryl methyl sites for hydroxylation is 1. The van der Waals surface area contributed by atoms with E-state index in [1.807, 2.05) is 16.4 Å². The number of carbonyl (C=O) groups excluding carboxylic acids is 1. The van der Waals surface area contributed by atoms with Crippen LogP contribution in [0.1, 0.15) is 47.6 Å². The fourth-order valence-corrected chi connectivity index (χ4v) is 3.90. The third-order valence-corrected chi connectivity index (χ3v) is 5.74. The second kappa shape index (κ2) is 5.38. The standard InChI is InChI=1S/C20H21F2N3O/c1-12-17(14-4-6-15(7-5-14)20(21,22)16-8-9-16)25-11-24(10-13-2-3-13)19(26)18(25)23-12/h4-7,13,16H,2-3,8-11H2,1H3. The number of fused-ring (bicyclic) bond motifs is 1. The van der Waals surface area contributed by atoms with Crippen molar-refractivity contribution in [2.75, 3.05) is 6.54 Å². The molecule has 26 heavy (non-hydrogen) atoms. The molecule has 0 radical (unpaired) electrons. The molecule has 1 aromatic carbocycles. The van der Waals surface area contributed by atoms with Crippen LogP contribution in [-0.2, 0) is 12.6 Å². The summed E-state index contributed by atoms with van der Waals surface area (Å²) in [5, 5.41) is 0. The van der Waals surface area contributed by atoms with E-state index in [0.29, 0.717) is 31.3 Å². The Bertz CT molecular complexity index is 879. The summed E-state index contributed by atoms with van der Waals surface area (Å²) >= 11 is 0. The second-order valence-corrected chi connectivity index (χ2v) is 7.88. The predicted octanol–water partition coefficient (Wildman–Crippen LogP) is 4.18. The highest BCUT2D eigenvalue weighted by atomic mass is 19.3. The lowest BCUT2D eigenvalue weighted by molar-refractivity contribution is -0.0285. The van der Waals surface area contributed by atoms with Gasteiger partial charge in [0, 0.05) is 23.6 Å². The van der Waals surface area contributed by atoms with Crippen molar-refractivity contribution in [2.24, 2.45) is 11.8 Å². The van der Waals surface area contributed by atoms with Gasteiger partial charge < -0.3 is 9.47 Å². The van der Waals surface area contributed by atoms with Gasteiger partial charge in [-0.25, -0.2) is 13.8 Å². The molecule has 0 spiro atoms. The van der Waals surface area contributed by atoms with Gasteiger partial charge in [-0.1, -0.05) is 24.3 Å². The molecule has 2 aromatic rings. The minimum atomic E-state index is -2.75. The SMILES string of the molecule is Cc1nc2n(c1-c1ccc(C(F)(F)C3CC3)cc1)CN(CC1CC1)C2=O. The molecule has 2 heterocycles. The molecule has 5 rings (SSSR count). The molecule has 3 aliphatic rings. The third kappa shape index (κ3) is 2.46. The maximum Gasteiger partial charge on any atom is 0.291 e. The number of hydrogen-bond donors (Lipinski definition) is 0. The van der Waals surface area contributed by atoms with Gasteiger partial charge in [0.1, 0.15) is 0 Å². The van der Waals surface area contributed by atoms with Crippen LogP contribution in [0.3, 0.4) is 0 Å². The molecule has 136 valence electrons. The van der Waals surface area contributed by atoms with Gasteiger partial charge in [-0.15, -0.1) is 0 Å². The van der Waals surface area contributed by atoms with E-state index in [2.05, 4.69) is 4.98 Å². The zero-order valence-electron chi connectivity index (χ0n) is 14.7. The van der Waals surface area contributed by atoms with Crippen molar-refractivity contribution < 1.29 is 13.6 Å². The van der Waals surface area contributed by atoms with E-state index in [4.69, 9.17) is 0 Å². The van der Waals surface area contributed by atoms with Gasteiger partial charge in [0.2, 0.25) is 5.82 Å². The molecule has 0 atom stereocenters. The molecule has 6 heteroatoms. The first kappa shape index (κ1) is 16.0. The van der Waals surface area contributed by atoms with Crippen molar-refractivity contribution in [2.45, 2.75) is 45.2 Å². The van der Waals surface area contributed by atoms with E-state index < -0.39 is 11.8 Å². The van der Waals surface area contributed by atoms with Crippen LogP contribution in [0.4, 0.5) is 8.78 Å². The molecule has 0 bridgehead atoms. The number of carbonyl (C=O) groups is 1. The minimum Gasteiger partial charge on any atom is -0.318 e. The summed E-state index contributed by atoms with van der Waals surface area (Å²) in [7, 11) is 0. The number of hydrogen-bond acceptors (Lipinski definition) is 2. The lowest BCUT2D eigenvalue weighted by Gasteiger charge is -2.17. The summed E-state index contributed by atoms with van der Waals surface area (Å²) in [6.07, 6.45) is 3.58. The van der Waals surface area contributed by atoms with Crippen molar-refractivity contribution >= 4 is 5.91 Å². The molecular weight excluding hydrogens is 336 g/mol. The molecule has 1 aliphatic heterocycles. The van der Waals surface area contributed by atoms with E-state index in [9.17, 15) is 13.6 Å². The lowest BCUT2D eigenvalue weighted by atomic mass is 10.0. The monoisotopic (exact) mass is 357 g/mol. The number of alkyl halides is 2. The minimum absolute atomic E-state index is 0.0249. The highest BCUT2D eigenvalue weighted by Crippen LogP contribution is 2.49. The molecule has 1 aromatic heterocycles. The fourth-order valence-electron chi connectivity index (χ4n) is 3.90. The van der Waals surface area contributed by atoms with Gasteiger partial charge in [0.15, 0.2) is 0 Å². The predicted molar refractivity (Wildman–Crippen MR) is 92.8 cm³/mol. The normalized spacial score (nSPS) is 20.0. The van der Waals surface area contributed by atoms with Gasteiger partial charge in [-0.3, -0.25) is 4.79 Å². The average Bonchev–Trinajstić information content (AvgIpc) is 3.51. The Morgan fingerprint density at radius 2 is 1.85 bits per heavy atom. The van der Waals surface area contributed by atoms with Gasteiger partial charge in [-0.05, 0) is 38.5 Å². The molecule has 2 fully saturated rings. The fraction of sp³-hybridized carbons (Fsp3) is 0.500. The van der Waals surface area contributed by atoms with Crippen LogP contribution < -0.4 is 0 Å². The molecule has 2 saturated carbocycles. The first-order valence-electron chi connectivity index (χ1n) is 9.30. The molecule has 0 saturated heterocycles. The van der Waals surface area contributed by atoms with Crippen LogP contribution in [-0.4, -0.2) is 26.9 Å². The number of halogens is 2. The van der Waals surface area contributed by atoms with E-state index in [1.54, 1.807) is 12.1 Å². The van der Waals surface area contributed by atoms with Crippen molar-refractivity contribution in [3.05, 3.63) is 41.3 Å². The van der Waals surface area contributed by atoms with Crippen LogP contribution in [0.5, 0.6) is 0 Å². The Morgan fingerprint density at radius 3 is 2.46 bits per heavy atom. The maximum absolute atomic E-state index is 14.3. The second-order valence-electron chi connectivity index (χ2n) is 7.88. The van der Waals surface area contributed by atoms with Crippen molar-refractivity contribution in [3.8, 4) is 11.3 Å². The number of benzene rings is 1. The van der Waals surface area contributed by atoms with Gasteiger partial charge in [0.25, 0.3) is 11.8 Å². The molecule has 0 unspecified atom stereocenters. The lowest BCUT2D eigenvalue weighted by Crippen LogP contribution is -2.27. The largest absolute Gasteiger partial charge is 0.318 e. The highest BCUT2D eigenvalue weighted by Gasteiger charge is 2.47. The summed E-state index contributed by atoms with van der Waals surface area (Å²) in [6.45, 7) is 3.15. The van der Waals surface area contributed by atoms with E-state index in [1.165, 1.54) is 25.0 Å². The van der Waals surface area contributed by atoms with Crippen LogP contribution in [0.2, 0.25) is 0 Å². The Kier molecular flexibility index (Phi) is 3.30. The number of imidazole rings is 1. The number of rotatable bonds is 5. The van der Waals surface area contributed by atoms with E-state index >= 15 is 0 Å². The van der Waals surface area contributed by atoms with Crippen molar-refractivity contribution in [1.29, 1.82) is 0 Å². The van der Waals surface area contributed by atoms with Crippen LogP contribution in [0.25, 0.3) is 11.3 Å². The summed E-state index contributed by atoms with van der Waals surface area (Å²) in [6, 6.07) is 6.51. The Morgan fingerprint density at radius 1 is 1.15 bits per heavy atom. The zero-order chi connectivity index (χ0) is 18.1. The Hall–Kier alpha value is -2.24. The zero-order valence-corrected chi connectivity index (χ0v) is 14.7. The molecule has 1 amide bonds. The number of nitrogens with zero attached hydrogens (tertiary/aromatic N) is 3. The van der Waals surface area contributed by atoms with E-state index in [-0.39, 0.29) is 11.5 Å².